The SMILES string of the molecule is CCCOC(=O)C(CCc1ccc(OC)cc1)C(=O)OCCC. The van der Waals surface area contributed by atoms with Gasteiger partial charge in [0.2, 0.25) is 0 Å². The molecule has 0 saturated carbocycles. The number of benzene rings is 1. The summed E-state index contributed by atoms with van der Waals surface area (Å²) in [4.78, 5) is 24.2. The largest absolute Gasteiger partial charge is 0.497 e. The number of ether oxygens (including phenoxy) is 3. The van der Waals surface area contributed by atoms with E-state index < -0.39 is 17.9 Å². The number of aryl methyl sites for hydroxylation is 1. The molecule has 0 saturated heterocycles. The molecule has 5 heteroatoms. The minimum Gasteiger partial charge on any atom is -0.497 e. The van der Waals surface area contributed by atoms with Gasteiger partial charge in [0.1, 0.15) is 5.75 Å². The Labute approximate surface area is 137 Å². The van der Waals surface area contributed by atoms with E-state index in [9.17, 15) is 9.59 Å². The molecular weight excluding hydrogens is 296 g/mol. The van der Waals surface area contributed by atoms with Crippen LogP contribution >= 0.6 is 0 Å². The Morgan fingerprint density at radius 2 is 1.48 bits per heavy atom. The molecule has 0 aliphatic heterocycles. The maximum Gasteiger partial charge on any atom is 0.320 e. The zero-order valence-corrected chi connectivity index (χ0v) is 14.2. The highest BCUT2D eigenvalue weighted by Gasteiger charge is 2.29. The van der Waals surface area contributed by atoms with Gasteiger partial charge in [0, 0.05) is 0 Å². The average Bonchev–Trinajstić information content (AvgIpc) is 2.58. The monoisotopic (exact) mass is 322 g/mol. The summed E-state index contributed by atoms with van der Waals surface area (Å²) in [5.41, 5.74) is 1.03. The predicted molar refractivity (Wildman–Crippen MR) is 87.3 cm³/mol. The van der Waals surface area contributed by atoms with Crippen molar-refractivity contribution < 1.29 is 23.8 Å². The second-order valence-corrected chi connectivity index (χ2v) is 5.27. The van der Waals surface area contributed by atoms with E-state index in [2.05, 4.69) is 0 Å². The third kappa shape index (κ3) is 6.72. The maximum absolute atomic E-state index is 12.1. The van der Waals surface area contributed by atoms with Crippen LogP contribution in [-0.2, 0) is 25.5 Å². The fourth-order valence-corrected chi connectivity index (χ4v) is 2.04. The lowest BCUT2D eigenvalue weighted by Gasteiger charge is -2.15. The Bertz CT molecular complexity index is 461. The van der Waals surface area contributed by atoms with Gasteiger partial charge in [0.25, 0.3) is 0 Å². The van der Waals surface area contributed by atoms with Crippen molar-refractivity contribution in [2.24, 2.45) is 5.92 Å². The van der Waals surface area contributed by atoms with E-state index in [4.69, 9.17) is 14.2 Å². The van der Waals surface area contributed by atoms with Crippen LogP contribution in [0.4, 0.5) is 0 Å². The van der Waals surface area contributed by atoms with Gasteiger partial charge in [0.05, 0.1) is 20.3 Å². The molecule has 0 aliphatic rings. The third-order valence-electron chi connectivity index (χ3n) is 3.35. The fraction of sp³-hybridized carbons (Fsp3) is 0.556. The van der Waals surface area contributed by atoms with Gasteiger partial charge in [0.15, 0.2) is 5.92 Å². The molecule has 5 nitrogen and oxygen atoms in total. The second-order valence-electron chi connectivity index (χ2n) is 5.27. The highest BCUT2D eigenvalue weighted by atomic mass is 16.6. The van der Waals surface area contributed by atoms with Gasteiger partial charge in [-0.2, -0.15) is 0 Å². The molecule has 1 rings (SSSR count). The molecule has 0 N–H and O–H groups in total. The van der Waals surface area contributed by atoms with Crippen molar-refractivity contribution in [1.82, 2.24) is 0 Å². The molecule has 128 valence electrons. The lowest BCUT2D eigenvalue weighted by Crippen LogP contribution is -2.29. The Kier molecular flexibility index (Phi) is 8.80. The molecule has 1 aromatic rings. The summed E-state index contributed by atoms with van der Waals surface area (Å²) in [5, 5.41) is 0. The summed E-state index contributed by atoms with van der Waals surface area (Å²) in [6, 6.07) is 7.56. The topological polar surface area (TPSA) is 61.8 Å². The van der Waals surface area contributed by atoms with E-state index in [1.54, 1.807) is 7.11 Å². The lowest BCUT2D eigenvalue weighted by atomic mass is 9.99. The molecular formula is C18H26O5. The van der Waals surface area contributed by atoms with Crippen LogP contribution in [0.2, 0.25) is 0 Å². The van der Waals surface area contributed by atoms with Crippen LogP contribution in [0.15, 0.2) is 24.3 Å². The van der Waals surface area contributed by atoms with Crippen molar-refractivity contribution in [3.05, 3.63) is 29.8 Å². The highest BCUT2D eigenvalue weighted by molar-refractivity contribution is 5.94. The van der Waals surface area contributed by atoms with Crippen molar-refractivity contribution in [3.63, 3.8) is 0 Å². The van der Waals surface area contributed by atoms with Gasteiger partial charge >= 0.3 is 11.9 Å². The maximum atomic E-state index is 12.1. The number of carbonyl (C=O) groups excluding carboxylic acids is 2. The van der Waals surface area contributed by atoms with Crippen LogP contribution in [0.1, 0.15) is 38.7 Å². The minimum absolute atomic E-state index is 0.318. The van der Waals surface area contributed by atoms with Gasteiger partial charge in [-0.05, 0) is 43.4 Å². The summed E-state index contributed by atoms with van der Waals surface area (Å²) in [6.07, 6.45) is 2.41. The van der Waals surface area contributed by atoms with E-state index >= 15 is 0 Å². The predicted octanol–water partition coefficient (Wildman–Crippen LogP) is 3.15. The third-order valence-corrected chi connectivity index (χ3v) is 3.35. The molecule has 0 amide bonds. The van der Waals surface area contributed by atoms with E-state index in [0.717, 1.165) is 24.2 Å². The standard InChI is InChI=1S/C18H26O5/c1-4-12-22-17(19)16(18(20)23-13-5-2)11-8-14-6-9-15(21-3)10-7-14/h6-7,9-10,16H,4-5,8,11-13H2,1-3H3. The first kappa shape index (κ1) is 19.0. The first-order chi connectivity index (χ1) is 11.1. The zero-order chi connectivity index (χ0) is 17.1. The van der Waals surface area contributed by atoms with Crippen LogP contribution in [0.5, 0.6) is 5.75 Å². The zero-order valence-electron chi connectivity index (χ0n) is 14.2. The van der Waals surface area contributed by atoms with Gasteiger partial charge in [-0.25, -0.2) is 0 Å². The molecule has 0 fully saturated rings. The molecule has 0 heterocycles. The number of hydrogen-bond donors (Lipinski definition) is 0. The van der Waals surface area contributed by atoms with Crippen LogP contribution in [-0.4, -0.2) is 32.3 Å². The van der Waals surface area contributed by atoms with Crippen molar-refractivity contribution in [3.8, 4) is 5.75 Å². The smallest absolute Gasteiger partial charge is 0.320 e. The van der Waals surface area contributed by atoms with Gasteiger partial charge in [-0.1, -0.05) is 26.0 Å². The van der Waals surface area contributed by atoms with Crippen LogP contribution in [0, 0.1) is 5.92 Å². The Balaban J connectivity index is 2.66. The Hall–Kier alpha value is -2.04. The number of carbonyl (C=O) groups is 2. The number of hydrogen-bond acceptors (Lipinski definition) is 5. The average molecular weight is 322 g/mol. The number of rotatable bonds is 10. The van der Waals surface area contributed by atoms with E-state index in [0.29, 0.717) is 26.1 Å². The lowest BCUT2D eigenvalue weighted by molar-refractivity contribution is -0.162. The van der Waals surface area contributed by atoms with Crippen molar-refractivity contribution in [2.45, 2.75) is 39.5 Å². The summed E-state index contributed by atoms with van der Waals surface area (Å²) >= 11 is 0. The Morgan fingerprint density at radius 3 is 1.91 bits per heavy atom. The number of methoxy groups -OCH3 is 1. The van der Waals surface area contributed by atoms with Crippen molar-refractivity contribution in [2.75, 3.05) is 20.3 Å². The first-order valence-corrected chi connectivity index (χ1v) is 8.08. The quantitative estimate of drug-likeness (QED) is 0.489. The molecule has 0 unspecified atom stereocenters. The fourth-order valence-electron chi connectivity index (χ4n) is 2.04. The summed E-state index contributed by atoms with van der Waals surface area (Å²) in [5.74, 6) is -1.09. The summed E-state index contributed by atoms with van der Waals surface area (Å²) in [7, 11) is 1.61. The summed E-state index contributed by atoms with van der Waals surface area (Å²) < 4.78 is 15.4. The van der Waals surface area contributed by atoms with Crippen LogP contribution in [0.25, 0.3) is 0 Å². The molecule has 0 radical (unpaired) electrons. The molecule has 0 aromatic heterocycles. The number of esters is 2. The van der Waals surface area contributed by atoms with Gasteiger partial charge < -0.3 is 14.2 Å². The molecule has 1 aromatic carbocycles. The molecule has 0 aliphatic carbocycles. The summed E-state index contributed by atoms with van der Waals surface area (Å²) in [6.45, 7) is 4.46. The van der Waals surface area contributed by atoms with Gasteiger partial charge in [-0.15, -0.1) is 0 Å². The van der Waals surface area contributed by atoms with E-state index in [-0.39, 0.29) is 0 Å². The molecule has 0 atom stereocenters. The molecule has 23 heavy (non-hydrogen) atoms. The second kappa shape index (κ2) is 10.6. The van der Waals surface area contributed by atoms with E-state index in [1.165, 1.54) is 0 Å². The van der Waals surface area contributed by atoms with Gasteiger partial charge in [-0.3, -0.25) is 9.59 Å². The minimum atomic E-state index is -0.866. The normalized spacial score (nSPS) is 10.4. The Morgan fingerprint density at radius 1 is 0.957 bits per heavy atom. The first-order valence-electron chi connectivity index (χ1n) is 8.08. The molecule has 0 bridgehead atoms. The van der Waals surface area contributed by atoms with Crippen LogP contribution in [0.3, 0.4) is 0 Å². The highest BCUT2D eigenvalue weighted by Crippen LogP contribution is 2.17. The van der Waals surface area contributed by atoms with Crippen LogP contribution < -0.4 is 4.74 Å². The van der Waals surface area contributed by atoms with E-state index in [1.807, 2.05) is 38.1 Å². The van der Waals surface area contributed by atoms with Crippen molar-refractivity contribution >= 4 is 11.9 Å². The van der Waals surface area contributed by atoms with Crippen molar-refractivity contribution in [1.29, 1.82) is 0 Å². The molecule has 0 spiro atoms.